The topological polar surface area (TPSA) is 65.1 Å². The average molecular weight is 424 g/mol. The number of carbonyl (C=O) groups is 1. The number of H-pyrrole nitrogens is 1. The van der Waals surface area contributed by atoms with Crippen molar-refractivity contribution in [2.24, 2.45) is 5.92 Å². The summed E-state index contributed by atoms with van der Waals surface area (Å²) in [5.41, 5.74) is 4.12. The van der Waals surface area contributed by atoms with Crippen LogP contribution in [-0.2, 0) is 0 Å². The van der Waals surface area contributed by atoms with Gasteiger partial charge in [-0.15, -0.1) is 11.3 Å². The van der Waals surface area contributed by atoms with Crippen molar-refractivity contribution in [3.8, 4) is 11.3 Å². The zero-order valence-corrected chi connectivity index (χ0v) is 18.5. The molecular weight excluding hydrogens is 394 g/mol. The molecule has 6 nitrogen and oxygen atoms in total. The first-order valence-electron chi connectivity index (χ1n) is 11.0. The van der Waals surface area contributed by atoms with E-state index in [1.54, 1.807) is 0 Å². The van der Waals surface area contributed by atoms with E-state index in [1.807, 2.05) is 22.7 Å². The number of carbonyl (C=O) groups excluding carboxylic acids is 1. The molecule has 1 amide bonds. The number of thiazole rings is 1. The van der Waals surface area contributed by atoms with E-state index < -0.39 is 0 Å². The lowest BCUT2D eigenvalue weighted by atomic mass is 9.80. The number of aromatic nitrogens is 3. The fourth-order valence-electron chi connectivity index (χ4n) is 4.69. The van der Waals surface area contributed by atoms with Crippen molar-refractivity contribution in [2.45, 2.75) is 38.5 Å². The molecule has 0 atom stereocenters. The van der Waals surface area contributed by atoms with Crippen molar-refractivity contribution < 1.29 is 4.79 Å². The monoisotopic (exact) mass is 423 g/mol. The highest BCUT2D eigenvalue weighted by molar-refractivity contribution is 7.12. The SMILES string of the molecule is CC1CCC(c2cnc3[nH]cc(-c4csc(C(=O)N5CCN(C)CC5)n4)c3c2)CC1. The maximum Gasteiger partial charge on any atom is 0.282 e. The molecule has 1 saturated carbocycles. The number of fused-ring (bicyclic) bond motifs is 1. The fraction of sp³-hybridized carbons (Fsp3) is 0.522. The van der Waals surface area contributed by atoms with Gasteiger partial charge in [-0.2, -0.15) is 0 Å². The summed E-state index contributed by atoms with van der Waals surface area (Å²) in [7, 11) is 2.09. The molecule has 1 aliphatic heterocycles. The minimum atomic E-state index is 0.0503. The molecule has 1 aliphatic carbocycles. The standard InChI is InChI=1S/C23H29N5OS/c1-15-3-5-16(6-4-15)17-11-18-19(13-25-21(18)24-12-17)20-14-30-22(26-20)23(29)28-9-7-27(2)8-10-28/h11-16H,3-10H2,1-2H3,(H,24,25). The van der Waals surface area contributed by atoms with Gasteiger partial charge in [0.2, 0.25) is 0 Å². The van der Waals surface area contributed by atoms with Crippen molar-refractivity contribution in [2.75, 3.05) is 33.2 Å². The third kappa shape index (κ3) is 3.76. The number of amides is 1. The van der Waals surface area contributed by atoms with E-state index in [1.165, 1.54) is 42.6 Å². The van der Waals surface area contributed by atoms with Crippen LogP contribution in [0, 0.1) is 5.92 Å². The van der Waals surface area contributed by atoms with Crippen LogP contribution in [0.25, 0.3) is 22.3 Å². The number of hydrogen-bond acceptors (Lipinski definition) is 5. The highest BCUT2D eigenvalue weighted by Gasteiger charge is 2.24. The van der Waals surface area contributed by atoms with Crippen LogP contribution in [0.4, 0.5) is 0 Å². The van der Waals surface area contributed by atoms with Crippen molar-refractivity contribution in [1.82, 2.24) is 24.8 Å². The number of likely N-dealkylation sites (N-methyl/N-ethyl adjacent to an activating group) is 1. The first-order valence-corrected chi connectivity index (χ1v) is 11.9. The summed E-state index contributed by atoms with van der Waals surface area (Å²) >= 11 is 1.44. The zero-order valence-electron chi connectivity index (χ0n) is 17.7. The Labute approximate surface area is 181 Å². The summed E-state index contributed by atoms with van der Waals surface area (Å²) in [5, 5.41) is 3.69. The molecule has 0 aromatic carbocycles. The highest BCUT2D eigenvalue weighted by Crippen LogP contribution is 2.37. The molecule has 1 saturated heterocycles. The highest BCUT2D eigenvalue weighted by atomic mass is 32.1. The largest absolute Gasteiger partial charge is 0.345 e. The second-order valence-corrected chi connectivity index (χ2v) is 9.82. The molecule has 0 bridgehead atoms. The molecule has 2 fully saturated rings. The lowest BCUT2D eigenvalue weighted by Crippen LogP contribution is -2.47. The molecular formula is C23H29N5OS. The Balaban J connectivity index is 1.40. The van der Waals surface area contributed by atoms with Crippen LogP contribution >= 0.6 is 11.3 Å². The Hall–Kier alpha value is -2.25. The van der Waals surface area contributed by atoms with Gasteiger partial charge in [0.1, 0.15) is 5.65 Å². The van der Waals surface area contributed by atoms with Gasteiger partial charge >= 0.3 is 0 Å². The van der Waals surface area contributed by atoms with E-state index in [2.05, 4.69) is 34.9 Å². The molecule has 7 heteroatoms. The summed E-state index contributed by atoms with van der Waals surface area (Å²) in [6.07, 6.45) is 9.10. The van der Waals surface area contributed by atoms with Crippen LogP contribution in [0.3, 0.4) is 0 Å². The molecule has 3 aromatic heterocycles. The molecule has 0 radical (unpaired) electrons. The minimum Gasteiger partial charge on any atom is -0.345 e. The predicted octanol–water partition coefficient (Wildman–Crippen LogP) is 4.37. The van der Waals surface area contributed by atoms with E-state index in [9.17, 15) is 4.79 Å². The van der Waals surface area contributed by atoms with Crippen LogP contribution in [0.15, 0.2) is 23.8 Å². The number of pyridine rings is 1. The Bertz CT molecular complexity index is 1040. The zero-order chi connectivity index (χ0) is 20.7. The van der Waals surface area contributed by atoms with Gasteiger partial charge in [-0.3, -0.25) is 4.79 Å². The Kier molecular flexibility index (Phi) is 5.33. The van der Waals surface area contributed by atoms with E-state index >= 15 is 0 Å². The summed E-state index contributed by atoms with van der Waals surface area (Å²) in [6.45, 7) is 5.72. The molecule has 0 unspecified atom stereocenters. The minimum absolute atomic E-state index is 0.0503. The Morgan fingerprint density at radius 2 is 1.93 bits per heavy atom. The molecule has 4 heterocycles. The maximum absolute atomic E-state index is 12.9. The van der Waals surface area contributed by atoms with Crippen molar-refractivity contribution in [1.29, 1.82) is 0 Å². The lowest BCUT2D eigenvalue weighted by Gasteiger charge is -2.31. The van der Waals surface area contributed by atoms with E-state index in [4.69, 9.17) is 4.98 Å². The molecule has 3 aromatic rings. The number of rotatable bonds is 3. The number of aromatic amines is 1. The second-order valence-electron chi connectivity index (χ2n) is 8.96. The van der Waals surface area contributed by atoms with Gasteiger partial charge in [0.25, 0.3) is 5.91 Å². The lowest BCUT2D eigenvalue weighted by molar-refractivity contribution is 0.0664. The van der Waals surface area contributed by atoms with Crippen LogP contribution in [0.1, 0.15) is 53.9 Å². The van der Waals surface area contributed by atoms with Gasteiger partial charge in [0.05, 0.1) is 5.69 Å². The Morgan fingerprint density at radius 3 is 2.70 bits per heavy atom. The molecule has 1 N–H and O–H groups in total. The third-order valence-corrected chi connectivity index (χ3v) is 7.62. The first kappa shape index (κ1) is 19.7. The first-order chi connectivity index (χ1) is 14.6. The molecule has 158 valence electrons. The van der Waals surface area contributed by atoms with Gasteiger partial charge in [-0.25, -0.2) is 9.97 Å². The Morgan fingerprint density at radius 1 is 1.17 bits per heavy atom. The molecule has 2 aliphatic rings. The second kappa shape index (κ2) is 8.12. The number of nitrogens with zero attached hydrogens (tertiary/aromatic N) is 4. The van der Waals surface area contributed by atoms with E-state index in [-0.39, 0.29) is 5.91 Å². The van der Waals surface area contributed by atoms with Gasteiger partial charge in [0.15, 0.2) is 5.01 Å². The van der Waals surface area contributed by atoms with Gasteiger partial charge in [-0.1, -0.05) is 19.8 Å². The molecule has 5 rings (SSSR count). The van der Waals surface area contributed by atoms with Gasteiger partial charge < -0.3 is 14.8 Å². The van der Waals surface area contributed by atoms with E-state index in [0.717, 1.165) is 54.4 Å². The summed E-state index contributed by atoms with van der Waals surface area (Å²) in [6, 6.07) is 2.29. The number of piperazine rings is 1. The summed E-state index contributed by atoms with van der Waals surface area (Å²) in [5.74, 6) is 1.49. The number of hydrogen-bond donors (Lipinski definition) is 1. The summed E-state index contributed by atoms with van der Waals surface area (Å²) < 4.78 is 0. The van der Waals surface area contributed by atoms with E-state index in [0.29, 0.717) is 10.9 Å². The molecule has 0 spiro atoms. The van der Waals surface area contributed by atoms with Crippen LogP contribution < -0.4 is 0 Å². The summed E-state index contributed by atoms with van der Waals surface area (Å²) in [4.78, 5) is 29.7. The predicted molar refractivity (Wildman–Crippen MR) is 121 cm³/mol. The third-order valence-electron chi connectivity index (χ3n) is 6.79. The quantitative estimate of drug-likeness (QED) is 0.679. The molecule has 30 heavy (non-hydrogen) atoms. The van der Waals surface area contributed by atoms with Gasteiger partial charge in [-0.05, 0) is 43.4 Å². The van der Waals surface area contributed by atoms with Crippen molar-refractivity contribution in [3.05, 3.63) is 34.4 Å². The fourth-order valence-corrected chi connectivity index (χ4v) is 5.47. The van der Waals surface area contributed by atoms with Crippen LogP contribution in [0.2, 0.25) is 0 Å². The maximum atomic E-state index is 12.9. The van der Waals surface area contributed by atoms with Crippen molar-refractivity contribution in [3.63, 3.8) is 0 Å². The normalized spacial score (nSPS) is 23.2. The van der Waals surface area contributed by atoms with Crippen LogP contribution in [-0.4, -0.2) is 63.9 Å². The average Bonchev–Trinajstić information content (AvgIpc) is 3.41. The van der Waals surface area contributed by atoms with Crippen LogP contribution in [0.5, 0.6) is 0 Å². The van der Waals surface area contributed by atoms with Gasteiger partial charge in [0, 0.05) is 54.9 Å². The van der Waals surface area contributed by atoms with Crippen molar-refractivity contribution >= 4 is 28.3 Å². The number of nitrogens with one attached hydrogen (secondary N) is 1. The smallest absolute Gasteiger partial charge is 0.282 e.